The van der Waals surface area contributed by atoms with E-state index in [0.717, 1.165) is 32.1 Å². The van der Waals surface area contributed by atoms with Crippen molar-refractivity contribution in [3.05, 3.63) is 0 Å². The number of nitrogens with one attached hydrogen (secondary N) is 3. The quantitative estimate of drug-likeness (QED) is 0.0199. The predicted molar refractivity (Wildman–Crippen MR) is 352 cm³/mol. The first-order valence-corrected chi connectivity index (χ1v) is 36.1. The summed E-state index contributed by atoms with van der Waals surface area (Å²) in [4.78, 5) is 60.4. The zero-order valence-electron chi connectivity index (χ0n) is 59.5. The maximum atomic E-state index is 12.4. The summed E-state index contributed by atoms with van der Waals surface area (Å²) >= 11 is 0. The van der Waals surface area contributed by atoms with Gasteiger partial charge in [-0.25, -0.2) is 5.43 Å². The van der Waals surface area contributed by atoms with Crippen LogP contribution in [0.2, 0.25) is 0 Å². The van der Waals surface area contributed by atoms with E-state index in [9.17, 15) is 126 Å². The van der Waals surface area contributed by atoms with Gasteiger partial charge in [0.05, 0.1) is 58.9 Å². The van der Waals surface area contributed by atoms with Crippen LogP contribution in [0.25, 0.3) is 0 Å². The number of aliphatic hydroxyl groups excluding tert-OH is 20. The Morgan fingerprint density at radius 1 is 0.377 bits per heavy atom. The summed E-state index contributed by atoms with van der Waals surface area (Å²) in [6.45, 7) is -0.701. The number of nitrogens with two attached hydrogens (primary N) is 1. The molecular formula is C65H116N4O37. The van der Waals surface area contributed by atoms with Crippen LogP contribution < -0.4 is 21.9 Å². The van der Waals surface area contributed by atoms with E-state index in [0.29, 0.717) is 57.9 Å². The van der Waals surface area contributed by atoms with Crippen LogP contribution in [0.1, 0.15) is 123 Å². The molecule has 0 spiro atoms. The number of unbranched alkanes of at least 4 members (excludes halogenated alkanes) is 5. The van der Waals surface area contributed by atoms with Gasteiger partial charge in [0, 0.05) is 45.1 Å². The summed E-state index contributed by atoms with van der Waals surface area (Å²) in [5.74, 6) is -0.516. The molecule has 0 unspecified atom stereocenters. The van der Waals surface area contributed by atoms with Gasteiger partial charge in [-0.05, 0) is 64.8 Å². The third-order valence-corrected chi connectivity index (χ3v) is 18.8. The molecule has 618 valence electrons. The van der Waals surface area contributed by atoms with E-state index < -0.39 is 230 Å². The topological polar surface area (TPSA) is 663 Å². The van der Waals surface area contributed by atoms with Crippen molar-refractivity contribution < 1.29 is 183 Å². The SMILES string of the molecule is CC(=O)[C@H](CCCCN)NNC(=O)CCCCCC(=O)NCCO[C@@H]1O[C@H](CO[C@H]2O[C@H](CO)[C@@H](O)[C@H](O)[C@@H]2O)[C@@H](O)[C@H](O[C@H]2O[C@H](CO)[C@@H](O)[C@H](O)[C@@H]2O)[C@@H]1O.CCCC(=O)CCCCCC(=O)CCCO[C@@H]1O[C@H](CO[C@H]2O[C@H](CO)[C@@H](O)[C@H](O)[C@@H]2O)[C@@H](O)[C@H](O[C@H]2O[C@H](CO)[C@@H](O)[C@H](O)[C@@H]2O)[C@@H]1O. The molecule has 0 bridgehead atoms. The molecule has 0 aliphatic carbocycles. The molecule has 31 atom stereocenters. The maximum Gasteiger partial charge on any atom is 0.234 e. The van der Waals surface area contributed by atoms with E-state index in [2.05, 4.69) is 16.2 Å². The minimum Gasteiger partial charge on any atom is -0.394 e. The lowest BCUT2D eigenvalue weighted by atomic mass is 9.96. The number of hydrogen-bond donors (Lipinski definition) is 24. The highest BCUT2D eigenvalue weighted by Crippen LogP contribution is 2.34. The van der Waals surface area contributed by atoms with Crippen molar-refractivity contribution in [2.45, 2.75) is 313 Å². The highest BCUT2D eigenvalue weighted by atomic mass is 16.8. The average Bonchev–Trinajstić information content (AvgIpc) is 0.791. The molecule has 6 aliphatic rings. The minimum absolute atomic E-state index is 0.0151. The number of hydrazine groups is 1. The van der Waals surface area contributed by atoms with Crippen molar-refractivity contribution in [3.63, 3.8) is 0 Å². The van der Waals surface area contributed by atoms with Crippen LogP contribution in [0.4, 0.5) is 0 Å². The zero-order valence-corrected chi connectivity index (χ0v) is 59.5. The predicted octanol–water partition coefficient (Wildman–Crippen LogP) is -10.7. The largest absolute Gasteiger partial charge is 0.394 e. The van der Waals surface area contributed by atoms with E-state index in [1.54, 1.807) is 0 Å². The number of Topliss-reactive ketones (excluding diaryl/α,β-unsaturated/α-hetero) is 3. The maximum absolute atomic E-state index is 12.4. The van der Waals surface area contributed by atoms with Gasteiger partial charge in [0.1, 0.15) is 164 Å². The van der Waals surface area contributed by atoms with Crippen molar-refractivity contribution in [2.75, 3.05) is 65.9 Å². The number of rotatable bonds is 44. The fraction of sp³-hybridized carbons (Fsp3) is 0.923. The smallest absolute Gasteiger partial charge is 0.234 e. The van der Waals surface area contributed by atoms with Crippen LogP contribution >= 0.6 is 0 Å². The van der Waals surface area contributed by atoms with Gasteiger partial charge < -0.3 is 170 Å². The molecule has 0 aromatic rings. The van der Waals surface area contributed by atoms with Crippen LogP contribution in [0.5, 0.6) is 0 Å². The summed E-state index contributed by atoms with van der Waals surface area (Å²) in [6.07, 6.45) is -41.1. The Morgan fingerprint density at radius 3 is 1.14 bits per heavy atom. The van der Waals surface area contributed by atoms with Gasteiger partial charge in [0.25, 0.3) is 0 Å². The standard InChI is InChI=1S/C34H62N4O19.C31H54O18/c1-16(41)17(7-5-6-10-35)37-38-22(43)9-4-2-3-8-21(42)36-11-12-52-33-30(51)31(57-34-29(50)27(48)24(45)19(14-40)55-34)25(46)20(56-33)15-53-32-28(49)26(47)23(44)18(13-39)54-32;1-2-7-15(34)8-4-3-5-9-16(35)10-6-11-44-30-27(43)28(49-31-26(42)24(40)21(37)18(13-33)47-31)22(38)19(48-30)14-45-29-25(41)23(39)20(36)17(12-32)46-29/h17-20,23-34,37,39-40,44-51H,2-15,35H2,1H3,(H,36,42)(H,38,43);17-33,36-43H,2-14H2,1H3/t17-,18+,19+,20+,23+,24+,25+,26-,27-,28-,29-,30-,31-,32-,33+,34+;17-,18-,19-,20-,21-,22-,23+,24+,25+,26+,27+,28+,29+,30-,31-/m01/s1. The fourth-order valence-corrected chi connectivity index (χ4v) is 12.3. The number of aliphatic hydroxyl groups is 20. The lowest BCUT2D eigenvalue weighted by Gasteiger charge is -2.46. The molecule has 25 N–H and O–H groups in total. The van der Waals surface area contributed by atoms with Crippen LogP contribution in [-0.4, -0.2) is 388 Å². The van der Waals surface area contributed by atoms with Crippen LogP contribution in [0.3, 0.4) is 0 Å². The summed E-state index contributed by atoms with van der Waals surface area (Å²) in [5, 5.41) is 208. The Morgan fingerprint density at radius 2 is 0.736 bits per heavy atom. The Kier molecular flexibility index (Phi) is 42.1. The highest BCUT2D eigenvalue weighted by Gasteiger charge is 2.55. The number of hydrogen-bond acceptors (Lipinski definition) is 39. The second-order valence-electron chi connectivity index (χ2n) is 27.0. The van der Waals surface area contributed by atoms with Crippen LogP contribution in [0.15, 0.2) is 0 Å². The highest BCUT2D eigenvalue weighted by molar-refractivity contribution is 5.82. The molecule has 6 rings (SSSR count). The second kappa shape index (κ2) is 47.8. The number of carbonyl (C=O) groups is 5. The molecule has 6 heterocycles. The third kappa shape index (κ3) is 27.8. The lowest BCUT2D eigenvalue weighted by Crippen LogP contribution is -2.65. The third-order valence-electron chi connectivity index (χ3n) is 18.8. The molecule has 0 radical (unpaired) electrons. The van der Waals surface area contributed by atoms with E-state index in [1.807, 2.05) is 6.92 Å². The van der Waals surface area contributed by atoms with E-state index >= 15 is 0 Å². The number of carbonyl (C=O) groups excluding carboxylic acids is 5. The van der Waals surface area contributed by atoms with Gasteiger partial charge in [0.15, 0.2) is 37.7 Å². The lowest BCUT2D eigenvalue weighted by molar-refractivity contribution is -0.366. The van der Waals surface area contributed by atoms with Gasteiger partial charge >= 0.3 is 0 Å². The molecule has 0 aromatic heterocycles. The molecule has 6 fully saturated rings. The Bertz CT molecular complexity index is 2520. The fourth-order valence-electron chi connectivity index (χ4n) is 12.3. The van der Waals surface area contributed by atoms with Crippen molar-refractivity contribution in [2.24, 2.45) is 5.73 Å². The Labute approximate surface area is 611 Å². The summed E-state index contributed by atoms with van der Waals surface area (Å²) in [6, 6.07) is -0.500. The van der Waals surface area contributed by atoms with E-state index in [-0.39, 0.29) is 74.6 Å². The molecule has 6 aliphatic heterocycles. The summed E-state index contributed by atoms with van der Waals surface area (Å²) in [5.41, 5.74) is 10.8. The van der Waals surface area contributed by atoms with Crippen molar-refractivity contribution in [1.29, 1.82) is 0 Å². The van der Waals surface area contributed by atoms with E-state index in [1.165, 1.54) is 6.92 Å². The second-order valence-corrected chi connectivity index (χ2v) is 27.0. The van der Waals surface area contributed by atoms with Crippen molar-refractivity contribution in [3.8, 4) is 0 Å². The summed E-state index contributed by atoms with van der Waals surface area (Å²) < 4.78 is 66.5. The van der Waals surface area contributed by atoms with Gasteiger partial charge in [0.2, 0.25) is 11.8 Å². The summed E-state index contributed by atoms with van der Waals surface area (Å²) in [7, 11) is 0. The Hall–Kier alpha value is -3.41. The van der Waals surface area contributed by atoms with Crippen LogP contribution in [-0.2, 0) is 80.8 Å². The Balaban J connectivity index is 0.000000385. The van der Waals surface area contributed by atoms with Crippen molar-refractivity contribution in [1.82, 2.24) is 16.2 Å². The average molecular weight is 1550 g/mol. The number of ether oxygens (including phenoxy) is 12. The molecule has 6 saturated heterocycles. The van der Waals surface area contributed by atoms with Gasteiger partial charge in [-0.1, -0.05) is 26.2 Å². The molecule has 106 heavy (non-hydrogen) atoms. The molecular weight excluding hydrogens is 1430 g/mol. The first-order valence-electron chi connectivity index (χ1n) is 36.1. The molecule has 0 saturated carbocycles. The molecule has 41 nitrogen and oxygen atoms in total. The minimum atomic E-state index is -1.90. The van der Waals surface area contributed by atoms with Crippen molar-refractivity contribution >= 4 is 29.2 Å². The van der Waals surface area contributed by atoms with Gasteiger partial charge in [-0.15, -0.1) is 0 Å². The first-order chi connectivity index (χ1) is 50.5. The first kappa shape index (κ1) is 93.2. The zero-order chi connectivity index (χ0) is 78.5. The van der Waals surface area contributed by atoms with Crippen LogP contribution in [0, 0.1) is 0 Å². The molecule has 0 aromatic carbocycles. The monoisotopic (exact) mass is 1540 g/mol. The molecule has 41 heteroatoms. The number of ketones is 3. The van der Waals surface area contributed by atoms with Gasteiger partial charge in [-0.3, -0.25) is 29.4 Å². The number of amides is 2. The molecule has 2 amide bonds. The van der Waals surface area contributed by atoms with E-state index in [4.69, 9.17) is 62.6 Å². The normalized spacial score (nSPS) is 38.0. The van der Waals surface area contributed by atoms with Gasteiger partial charge in [-0.2, -0.15) is 0 Å².